The van der Waals surface area contributed by atoms with Gasteiger partial charge in [-0.25, -0.2) is 4.79 Å². The average Bonchev–Trinajstić information content (AvgIpc) is 2.89. The van der Waals surface area contributed by atoms with Crippen molar-refractivity contribution >= 4 is 11.7 Å². The number of nitrogens with one attached hydrogen (secondary N) is 1. The third-order valence-corrected chi connectivity index (χ3v) is 4.39. The van der Waals surface area contributed by atoms with E-state index in [1.165, 1.54) is 5.56 Å². The van der Waals surface area contributed by atoms with E-state index in [-0.39, 0.29) is 6.03 Å². The van der Waals surface area contributed by atoms with E-state index in [2.05, 4.69) is 16.3 Å². The summed E-state index contributed by atoms with van der Waals surface area (Å²) in [5, 5.41) is 11.8. The number of para-hydroxylation sites is 1. The molecule has 0 unspecified atom stereocenters. The Hall–Kier alpha value is -2.84. The van der Waals surface area contributed by atoms with Gasteiger partial charge in [-0.3, -0.25) is 4.90 Å². The van der Waals surface area contributed by atoms with Crippen LogP contribution >= 0.6 is 0 Å². The molecule has 1 aliphatic rings. The Labute approximate surface area is 148 Å². The van der Waals surface area contributed by atoms with Gasteiger partial charge in [-0.05, 0) is 36.2 Å². The minimum absolute atomic E-state index is 0.0357. The second-order valence-corrected chi connectivity index (χ2v) is 6.22. The number of hydrogen-bond acceptors (Lipinski definition) is 3. The molecule has 3 rings (SSSR count). The largest absolute Gasteiger partial charge is 0.323 e. The number of nitrogens with zero attached hydrogens (tertiary/aromatic N) is 3. The first-order valence-electron chi connectivity index (χ1n) is 8.57. The van der Waals surface area contributed by atoms with Crippen molar-refractivity contribution in [2.45, 2.75) is 13.0 Å². The van der Waals surface area contributed by atoms with Gasteiger partial charge in [0, 0.05) is 38.4 Å². The van der Waals surface area contributed by atoms with Crippen molar-refractivity contribution in [2.24, 2.45) is 0 Å². The first-order valence-corrected chi connectivity index (χ1v) is 8.57. The molecule has 0 radical (unpaired) electrons. The van der Waals surface area contributed by atoms with Crippen LogP contribution < -0.4 is 5.32 Å². The number of nitriles is 1. The Morgan fingerprint density at radius 1 is 1.00 bits per heavy atom. The lowest BCUT2D eigenvalue weighted by Gasteiger charge is -2.22. The van der Waals surface area contributed by atoms with Crippen molar-refractivity contribution in [2.75, 3.05) is 31.5 Å². The first kappa shape index (κ1) is 17.0. The van der Waals surface area contributed by atoms with Gasteiger partial charge in [-0.2, -0.15) is 5.26 Å². The Morgan fingerprint density at radius 2 is 1.76 bits per heavy atom. The molecule has 2 aromatic carbocycles. The molecule has 1 fully saturated rings. The van der Waals surface area contributed by atoms with Crippen LogP contribution in [0.25, 0.3) is 0 Å². The summed E-state index contributed by atoms with van der Waals surface area (Å²) in [7, 11) is 0. The van der Waals surface area contributed by atoms with Crippen molar-refractivity contribution < 1.29 is 4.79 Å². The summed E-state index contributed by atoms with van der Waals surface area (Å²) < 4.78 is 0. The maximum Gasteiger partial charge on any atom is 0.321 e. The summed E-state index contributed by atoms with van der Waals surface area (Å²) in [5.74, 6) is 0. The molecule has 1 N–H and O–H groups in total. The van der Waals surface area contributed by atoms with Crippen molar-refractivity contribution in [1.29, 1.82) is 5.26 Å². The lowest BCUT2D eigenvalue weighted by atomic mass is 10.1. The zero-order chi connectivity index (χ0) is 17.5. The Bertz CT molecular complexity index is 737. The third-order valence-electron chi connectivity index (χ3n) is 4.39. The number of anilines is 1. The quantitative estimate of drug-likeness (QED) is 0.937. The van der Waals surface area contributed by atoms with Gasteiger partial charge in [0.25, 0.3) is 0 Å². The molecule has 0 bridgehead atoms. The van der Waals surface area contributed by atoms with Crippen LogP contribution in [-0.4, -0.2) is 42.0 Å². The number of carbonyl (C=O) groups is 1. The molecule has 2 aromatic rings. The Balaban J connectivity index is 1.53. The smallest absolute Gasteiger partial charge is 0.321 e. The molecular formula is C20H22N4O. The van der Waals surface area contributed by atoms with Crippen molar-refractivity contribution in [1.82, 2.24) is 9.80 Å². The van der Waals surface area contributed by atoms with Gasteiger partial charge < -0.3 is 10.2 Å². The predicted molar refractivity (Wildman–Crippen MR) is 98.1 cm³/mol. The molecular weight excluding hydrogens is 312 g/mol. The maximum atomic E-state index is 12.4. The van der Waals surface area contributed by atoms with E-state index in [9.17, 15) is 4.79 Å². The lowest BCUT2D eigenvalue weighted by Crippen LogP contribution is -2.38. The number of hydrogen-bond donors (Lipinski definition) is 1. The fourth-order valence-electron chi connectivity index (χ4n) is 3.00. The highest BCUT2D eigenvalue weighted by molar-refractivity contribution is 5.89. The van der Waals surface area contributed by atoms with Crippen LogP contribution in [0.15, 0.2) is 54.6 Å². The second kappa shape index (κ2) is 8.32. The predicted octanol–water partition coefficient (Wildman–Crippen LogP) is 3.30. The summed E-state index contributed by atoms with van der Waals surface area (Å²) in [6.45, 7) is 4.15. The van der Waals surface area contributed by atoms with Gasteiger partial charge >= 0.3 is 6.03 Å². The van der Waals surface area contributed by atoms with Crippen LogP contribution in [0.1, 0.15) is 17.5 Å². The standard InChI is InChI=1S/C20H22N4O/c21-15-17-7-9-18(10-8-17)16-23-11-4-12-24(14-13-23)20(25)22-19-5-2-1-3-6-19/h1-3,5-10H,4,11-14,16H2,(H,22,25). The summed E-state index contributed by atoms with van der Waals surface area (Å²) in [6, 6.07) is 19.4. The summed E-state index contributed by atoms with van der Waals surface area (Å²) in [5.41, 5.74) is 2.70. The minimum Gasteiger partial charge on any atom is -0.323 e. The van der Waals surface area contributed by atoms with Crippen molar-refractivity contribution in [3.63, 3.8) is 0 Å². The van der Waals surface area contributed by atoms with E-state index < -0.39 is 0 Å². The van der Waals surface area contributed by atoms with Gasteiger partial charge in [-0.15, -0.1) is 0 Å². The van der Waals surface area contributed by atoms with E-state index in [1.54, 1.807) is 0 Å². The van der Waals surface area contributed by atoms with Gasteiger partial charge in [0.1, 0.15) is 0 Å². The highest BCUT2D eigenvalue weighted by Gasteiger charge is 2.19. The normalized spacial score (nSPS) is 15.2. The molecule has 1 aliphatic heterocycles. The number of urea groups is 1. The molecule has 0 aromatic heterocycles. The number of carbonyl (C=O) groups excluding carboxylic acids is 1. The number of benzene rings is 2. The summed E-state index contributed by atoms with van der Waals surface area (Å²) >= 11 is 0. The lowest BCUT2D eigenvalue weighted by molar-refractivity contribution is 0.211. The van der Waals surface area contributed by atoms with Gasteiger partial charge in [-0.1, -0.05) is 30.3 Å². The summed E-state index contributed by atoms with van der Waals surface area (Å²) in [6.07, 6.45) is 0.957. The van der Waals surface area contributed by atoms with E-state index in [0.717, 1.165) is 44.8 Å². The third kappa shape index (κ3) is 4.82. The molecule has 2 amide bonds. The van der Waals surface area contributed by atoms with Crippen molar-refractivity contribution in [3.05, 3.63) is 65.7 Å². The minimum atomic E-state index is -0.0357. The molecule has 25 heavy (non-hydrogen) atoms. The van der Waals surface area contributed by atoms with E-state index in [4.69, 9.17) is 5.26 Å². The molecule has 1 saturated heterocycles. The highest BCUT2D eigenvalue weighted by atomic mass is 16.2. The molecule has 5 nitrogen and oxygen atoms in total. The SMILES string of the molecule is N#Cc1ccc(CN2CCCN(C(=O)Nc3ccccc3)CC2)cc1. The Morgan fingerprint density at radius 3 is 2.48 bits per heavy atom. The molecule has 0 aliphatic carbocycles. The average molecular weight is 334 g/mol. The van der Waals surface area contributed by atoms with Crippen LogP contribution in [0, 0.1) is 11.3 Å². The molecule has 0 atom stereocenters. The number of rotatable bonds is 3. The zero-order valence-corrected chi connectivity index (χ0v) is 14.2. The van der Waals surface area contributed by atoms with Crippen LogP contribution in [0.2, 0.25) is 0 Å². The monoisotopic (exact) mass is 334 g/mol. The molecule has 128 valence electrons. The van der Waals surface area contributed by atoms with Crippen LogP contribution in [0.4, 0.5) is 10.5 Å². The second-order valence-electron chi connectivity index (χ2n) is 6.22. The molecule has 5 heteroatoms. The molecule has 0 saturated carbocycles. The van der Waals surface area contributed by atoms with Crippen LogP contribution in [0.3, 0.4) is 0 Å². The van der Waals surface area contributed by atoms with Crippen molar-refractivity contribution in [3.8, 4) is 6.07 Å². The molecule has 1 heterocycles. The van der Waals surface area contributed by atoms with Crippen LogP contribution in [0.5, 0.6) is 0 Å². The van der Waals surface area contributed by atoms with E-state index in [0.29, 0.717) is 5.56 Å². The van der Waals surface area contributed by atoms with E-state index >= 15 is 0 Å². The fraction of sp³-hybridized carbons (Fsp3) is 0.300. The zero-order valence-electron chi connectivity index (χ0n) is 14.2. The maximum absolute atomic E-state index is 12.4. The Kier molecular flexibility index (Phi) is 5.65. The molecule has 0 spiro atoms. The number of amides is 2. The summed E-state index contributed by atoms with van der Waals surface area (Å²) in [4.78, 5) is 16.7. The highest BCUT2D eigenvalue weighted by Crippen LogP contribution is 2.12. The van der Waals surface area contributed by atoms with Gasteiger partial charge in [0.2, 0.25) is 0 Å². The first-order chi connectivity index (χ1) is 12.2. The topological polar surface area (TPSA) is 59.4 Å². The fourth-order valence-corrected chi connectivity index (χ4v) is 3.00. The van der Waals surface area contributed by atoms with Crippen LogP contribution in [-0.2, 0) is 6.54 Å². The van der Waals surface area contributed by atoms with Gasteiger partial charge in [0.05, 0.1) is 11.6 Å². The van der Waals surface area contributed by atoms with Gasteiger partial charge in [0.15, 0.2) is 0 Å². The van der Waals surface area contributed by atoms with E-state index in [1.807, 2.05) is 59.5 Å².